The molecule has 0 aliphatic rings. The van der Waals surface area contributed by atoms with Gasteiger partial charge in [-0.2, -0.15) is 0 Å². The van der Waals surface area contributed by atoms with E-state index in [9.17, 15) is 0 Å². The third kappa shape index (κ3) is 2.42. The third-order valence-electron chi connectivity index (χ3n) is 1.09. The maximum Gasteiger partial charge on any atom is 0.157 e. The Morgan fingerprint density at radius 2 is 1.83 bits per heavy atom. The van der Waals surface area contributed by atoms with Crippen LogP contribution in [-0.4, -0.2) is 17.1 Å². The van der Waals surface area contributed by atoms with Crippen molar-refractivity contribution in [3.05, 3.63) is 19.7 Å². The van der Waals surface area contributed by atoms with Crippen molar-refractivity contribution in [2.45, 2.75) is 6.61 Å². The number of aromatic nitrogens is 2. The van der Waals surface area contributed by atoms with Gasteiger partial charge in [0.1, 0.15) is 16.9 Å². The van der Waals surface area contributed by atoms with Gasteiger partial charge in [0.25, 0.3) is 0 Å². The largest absolute Gasteiger partial charge is 0.377 e. The molecule has 0 fully saturated rings. The van der Waals surface area contributed by atoms with Gasteiger partial charge < -0.3 is 4.74 Å². The Kier molecular flexibility index (Phi) is 3.95. The average Bonchev–Trinajstić information content (AvgIpc) is 2.01. The molecule has 0 atom stereocenters. The molecule has 0 bridgehead atoms. The summed E-state index contributed by atoms with van der Waals surface area (Å²) in [6, 6.07) is 0. The first kappa shape index (κ1) is 10.4. The number of methoxy groups -OCH3 is 1. The molecular formula is C6H5Cl2IN2O. The molecule has 0 radical (unpaired) electrons. The van der Waals surface area contributed by atoms with Crippen LogP contribution < -0.4 is 0 Å². The number of halogens is 3. The Morgan fingerprint density at radius 3 is 2.25 bits per heavy atom. The highest BCUT2D eigenvalue weighted by Gasteiger charge is 2.07. The molecule has 0 aromatic carbocycles. The first-order chi connectivity index (χ1) is 5.65. The summed E-state index contributed by atoms with van der Waals surface area (Å²) in [6.45, 7) is 0.316. The molecule has 1 rings (SSSR count). The summed E-state index contributed by atoms with van der Waals surface area (Å²) in [7, 11) is 1.56. The van der Waals surface area contributed by atoms with Crippen LogP contribution in [0.3, 0.4) is 0 Å². The monoisotopic (exact) mass is 318 g/mol. The fourth-order valence-corrected chi connectivity index (χ4v) is 1.29. The number of rotatable bonds is 2. The summed E-state index contributed by atoms with van der Waals surface area (Å²) in [5.41, 5.74) is 0. The SMILES string of the molecule is COCc1nc(Cl)c(I)c(Cl)n1. The fourth-order valence-electron chi connectivity index (χ4n) is 0.629. The van der Waals surface area contributed by atoms with Crippen LogP contribution in [0.25, 0.3) is 0 Å². The molecule has 1 heterocycles. The van der Waals surface area contributed by atoms with Gasteiger partial charge in [-0.3, -0.25) is 0 Å². The van der Waals surface area contributed by atoms with E-state index in [0.29, 0.717) is 26.3 Å². The molecular weight excluding hydrogens is 314 g/mol. The number of ether oxygens (including phenoxy) is 1. The van der Waals surface area contributed by atoms with Gasteiger partial charge in [0.2, 0.25) is 0 Å². The van der Waals surface area contributed by atoms with Gasteiger partial charge in [-0.15, -0.1) is 0 Å². The van der Waals surface area contributed by atoms with Crippen molar-refractivity contribution in [3.63, 3.8) is 0 Å². The molecule has 6 heteroatoms. The van der Waals surface area contributed by atoms with Crippen LogP contribution in [0, 0.1) is 3.57 Å². The lowest BCUT2D eigenvalue weighted by Crippen LogP contribution is -1.99. The van der Waals surface area contributed by atoms with Crippen molar-refractivity contribution in [1.29, 1.82) is 0 Å². The smallest absolute Gasteiger partial charge is 0.157 e. The molecule has 0 unspecified atom stereocenters. The highest BCUT2D eigenvalue weighted by Crippen LogP contribution is 2.22. The van der Waals surface area contributed by atoms with Gasteiger partial charge in [-0.1, -0.05) is 23.2 Å². The van der Waals surface area contributed by atoms with E-state index in [1.165, 1.54) is 0 Å². The van der Waals surface area contributed by atoms with Crippen LogP contribution in [-0.2, 0) is 11.3 Å². The third-order valence-corrected chi connectivity index (χ3v) is 3.30. The maximum absolute atomic E-state index is 5.76. The van der Waals surface area contributed by atoms with E-state index in [0.717, 1.165) is 0 Å². The van der Waals surface area contributed by atoms with E-state index >= 15 is 0 Å². The molecule has 12 heavy (non-hydrogen) atoms. The van der Waals surface area contributed by atoms with Crippen molar-refractivity contribution in [2.75, 3.05) is 7.11 Å². The van der Waals surface area contributed by atoms with Gasteiger partial charge in [0.15, 0.2) is 5.82 Å². The molecule has 1 aromatic heterocycles. The summed E-state index contributed by atoms with van der Waals surface area (Å²) < 4.78 is 5.50. The van der Waals surface area contributed by atoms with Crippen LogP contribution in [0.1, 0.15) is 5.82 Å². The van der Waals surface area contributed by atoms with Gasteiger partial charge in [0, 0.05) is 7.11 Å². The van der Waals surface area contributed by atoms with E-state index in [-0.39, 0.29) is 0 Å². The normalized spacial score (nSPS) is 10.3. The minimum atomic E-state index is 0.316. The van der Waals surface area contributed by atoms with Crippen molar-refractivity contribution in [1.82, 2.24) is 9.97 Å². The second kappa shape index (κ2) is 4.55. The molecule has 66 valence electrons. The Balaban J connectivity index is 3.04. The molecule has 3 nitrogen and oxygen atoms in total. The number of hydrogen-bond acceptors (Lipinski definition) is 3. The van der Waals surface area contributed by atoms with Crippen molar-refractivity contribution in [2.24, 2.45) is 0 Å². The number of nitrogens with zero attached hydrogens (tertiary/aromatic N) is 2. The highest BCUT2D eigenvalue weighted by atomic mass is 127. The van der Waals surface area contributed by atoms with Gasteiger partial charge in [-0.25, -0.2) is 9.97 Å². The fraction of sp³-hybridized carbons (Fsp3) is 0.333. The number of hydrogen-bond donors (Lipinski definition) is 0. The minimum Gasteiger partial charge on any atom is -0.377 e. The van der Waals surface area contributed by atoms with E-state index in [1.807, 2.05) is 22.6 Å². The lowest BCUT2D eigenvalue weighted by atomic mass is 10.6. The Hall–Kier alpha value is 0.350. The lowest BCUT2D eigenvalue weighted by molar-refractivity contribution is 0.177. The predicted molar refractivity (Wildman–Crippen MR) is 55.5 cm³/mol. The Labute approximate surface area is 93.6 Å². The maximum atomic E-state index is 5.76. The van der Waals surface area contributed by atoms with E-state index < -0.39 is 0 Å². The van der Waals surface area contributed by atoms with E-state index in [2.05, 4.69) is 9.97 Å². The van der Waals surface area contributed by atoms with Crippen LogP contribution >= 0.6 is 45.8 Å². The molecule has 0 amide bonds. The summed E-state index contributed by atoms with van der Waals surface area (Å²) in [4.78, 5) is 7.92. The van der Waals surface area contributed by atoms with Crippen molar-refractivity contribution < 1.29 is 4.74 Å². The predicted octanol–water partition coefficient (Wildman–Crippen LogP) is 2.53. The van der Waals surface area contributed by atoms with Gasteiger partial charge in [0.05, 0.1) is 3.57 Å². The second-order valence-electron chi connectivity index (χ2n) is 1.97. The summed E-state index contributed by atoms with van der Waals surface area (Å²) in [5.74, 6) is 0.493. The van der Waals surface area contributed by atoms with Crippen molar-refractivity contribution in [3.8, 4) is 0 Å². The Bertz CT molecular complexity index is 272. The molecule has 0 spiro atoms. The first-order valence-corrected chi connectivity index (χ1v) is 4.85. The Morgan fingerprint density at radius 1 is 1.33 bits per heavy atom. The molecule has 0 aliphatic heterocycles. The summed E-state index contributed by atoms with van der Waals surface area (Å²) in [6.07, 6.45) is 0. The molecule has 0 saturated heterocycles. The zero-order chi connectivity index (χ0) is 9.14. The second-order valence-corrected chi connectivity index (χ2v) is 3.76. The van der Waals surface area contributed by atoms with Crippen LogP contribution in [0.2, 0.25) is 10.3 Å². The molecule has 1 aromatic rings. The van der Waals surface area contributed by atoms with Gasteiger partial charge >= 0.3 is 0 Å². The minimum absolute atomic E-state index is 0.316. The zero-order valence-electron chi connectivity index (χ0n) is 6.14. The summed E-state index contributed by atoms with van der Waals surface area (Å²) in [5, 5.41) is 0.727. The quantitative estimate of drug-likeness (QED) is 0.621. The molecule has 0 aliphatic carbocycles. The first-order valence-electron chi connectivity index (χ1n) is 3.01. The standard InChI is InChI=1S/C6H5Cl2IN2O/c1-12-2-3-10-5(7)4(9)6(8)11-3/h2H2,1H3. The zero-order valence-corrected chi connectivity index (χ0v) is 9.81. The average molecular weight is 319 g/mol. The van der Waals surface area contributed by atoms with Crippen molar-refractivity contribution >= 4 is 45.8 Å². The van der Waals surface area contributed by atoms with Crippen LogP contribution in [0.5, 0.6) is 0 Å². The molecule has 0 N–H and O–H groups in total. The van der Waals surface area contributed by atoms with E-state index in [4.69, 9.17) is 27.9 Å². The summed E-state index contributed by atoms with van der Waals surface area (Å²) >= 11 is 13.5. The topological polar surface area (TPSA) is 35.0 Å². The van der Waals surface area contributed by atoms with Crippen LogP contribution in [0.4, 0.5) is 0 Å². The van der Waals surface area contributed by atoms with Gasteiger partial charge in [-0.05, 0) is 22.6 Å². The van der Waals surface area contributed by atoms with Crippen LogP contribution in [0.15, 0.2) is 0 Å². The highest BCUT2D eigenvalue weighted by molar-refractivity contribution is 14.1. The molecule has 0 saturated carbocycles. The lowest BCUT2D eigenvalue weighted by Gasteiger charge is -2.01. The van der Waals surface area contributed by atoms with E-state index in [1.54, 1.807) is 7.11 Å².